The third-order valence-corrected chi connectivity index (χ3v) is 1.49. The van der Waals surface area contributed by atoms with Crippen molar-refractivity contribution in [3.8, 4) is 0 Å². The molecule has 0 rings (SSSR count). The molecule has 0 aliphatic heterocycles. The Morgan fingerprint density at radius 3 is 2.45 bits per heavy atom. The highest BCUT2D eigenvalue weighted by atomic mass is 16.4. The van der Waals surface area contributed by atoms with Crippen LogP contribution in [0.4, 0.5) is 0 Å². The Kier molecular flexibility index (Phi) is 4.59. The fraction of sp³-hybridized carbons (Fsp3) is 0.667. The van der Waals surface area contributed by atoms with Crippen LogP contribution in [-0.4, -0.2) is 11.1 Å². The van der Waals surface area contributed by atoms with Gasteiger partial charge in [0.2, 0.25) is 0 Å². The first-order valence-electron chi connectivity index (χ1n) is 3.92. The maximum atomic E-state index is 10.2. The Labute approximate surface area is 67.9 Å². The monoisotopic (exact) mass is 156 g/mol. The van der Waals surface area contributed by atoms with Crippen LogP contribution in [0.25, 0.3) is 0 Å². The molecule has 0 aromatic rings. The Balaban J connectivity index is 3.68. The zero-order valence-electron chi connectivity index (χ0n) is 7.42. The predicted octanol–water partition coefficient (Wildman–Crippen LogP) is 2.45. The van der Waals surface area contributed by atoms with Crippen molar-refractivity contribution in [1.29, 1.82) is 0 Å². The minimum Gasteiger partial charge on any atom is -0.478 e. The number of hydrogen-bond donors (Lipinski definition) is 1. The molecule has 0 aliphatic rings. The van der Waals surface area contributed by atoms with Crippen LogP contribution in [0.2, 0.25) is 0 Å². The van der Waals surface area contributed by atoms with Gasteiger partial charge in [0.1, 0.15) is 0 Å². The number of hydrogen-bond acceptors (Lipinski definition) is 1. The minimum absolute atomic E-state index is 0.646. The van der Waals surface area contributed by atoms with Crippen molar-refractivity contribution in [3.63, 3.8) is 0 Å². The fourth-order valence-electron chi connectivity index (χ4n) is 0.799. The lowest BCUT2D eigenvalue weighted by molar-refractivity contribution is -0.131. The van der Waals surface area contributed by atoms with Gasteiger partial charge in [0.15, 0.2) is 0 Å². The third-order valence-electron chi connectivity index (χ3n) is 1.49. The quantitative estimate of drug-likeness (QED) is 0.635. The molecule has 2 heteroatoms. The average molecular weight is 156 g/mol. The second-order valence-electron chi connectivity index (χ2n) is 3.26. The molecule has 0 aliphatic carbocycles. The second-order valence-corrected chi connectivity index (χ2v) is 3.26. The largest absolute Gasteiger partial charge is 0.478 e. The molecule has 1 N–H and O–H groups in total. The molecule has 0 saturated carbocycles. The van der Waals surface area contributed by atoms with Gasteiger partial charge in [0.05, 0.1) is 0 Å². The molecule has 0 spiro atoms. The predicted molar refractivity (Wildman–Crippen MR) is 45.5 cm³/mol. The molecule has 0 aromatic heterocycles. The Hall–Kier alpha value is -0.790. The van der Waals surface area contributed by atoms with Gasteiger partial charge in [-0.2, -0.15) is 0 Å². The zero-order valence-corrected chi connectivity index (χ0v) is 7.42. The maximum absolute atomic E-state index is 10.2. The van der Waals surface area contributed by atoms with E-state index in [0.717, 1.165) is 18.4 Å². The highest BCUT2D eigenvalue weighted by molar-refractivity contribution is 5.80. The van der Waals surface area contributed by atoms with Crippen molar-refractivity contribution in [2.24, 2.45) is 5.92 Å². The van der Waals surface area contributed by atoms with Gasteiger partial charge < -0.3 is 5.11 Å². The van der Waals surface area contributed by atoms with Crippen LogP contribution >= 0.6 is 0 Å². The summed E-state index contributed by atoms with van der Waals surface area (Å²) in [5, 5.41) is 8.37. The fourth-order valence-corrected chi connectivity index (χ4v) is 0.799. The smallest absolute Gasteiger partial charge is 0.328 e. The first-order valence-corrected chi connectivity index (χ1v) is 3.92. The average Bonchev–Trinajstić information content (AvgIpc) is 1.82. The molecule has 0 fully saturated rings. The Bertz CT molecular complexity index is 157. The molecule has 0 bridgehead atoms. The van der Waals surface area contributed by atoms with E-state index in [1.54, 1.807) is 0 Å². The molecule has 0 amide bonds. The van der Waals surface area contributed by atoms with E-state index in [0.29, 0.717) is 5.92 Å². The first-order chi connectivity index (χ1) is 5.02. The van der Waals surface area contributed by atoms with E-state index >= 15 is 0 Å². The molecule has 64 valence electrons. The number of allylic oxidation sites excluding steroid dienone is 1. The van der Waals surface area contributed by atoms with Crippen LogP contribution in [0, 0.1) is 5.92 Å². The van der Waals surface area contributed by atoms with Crippen LogP contribution < -0.4 is 0 Å². The van der Waals surface area contributed by atoms with E-state index in [-0.39, 0.29) is 0 Å². The van der Waals surface area contributed by atoms with E-state index in [2.05, 4.69) is 13.8 Å². The van der Waals surface area contributed by atoms with E-state index in [1.165, 1.54) is 6.08 Å². The van der Waals surface area contributed by atoms with Crippen LogP contribution in [-0.2, 0) is 4.79 Å². The van der Waals surface area contributed by atoms with E-state index in [4.69, 9.17) is 5.11 Å². The summed E-state index contributed by atoms with van der Waals surface area (Å²) in [6.45, 7) is 6.12. The molecule has 0 atom stereocenters. The third kappa shape index (κ3) is 7.10. The van der Waals surface area contributed by atoms with Crippen LogP contribution in [0.5, 0.6) is 0 Å². The summed E-state index contributed by atoms with van der Waals surface area (Å²) in [6.07, 6.45) is 3.24. The van der Waals surface area contributed by atoms with Gasteiger partial charge in [0.25, 0.3) is 0 Å². The standard InChI is InChI=1S/C9H16O2/c1-7(2)4-5-8(3)6-9(10)11/h6-7H,4-5H2,1-3H3,(H,10,11)/b8-6+. The first kappa shape index (κ1) is 10.2. The topological polar surface area (TPSA) is 37.3 Å². The van der Waals surface area contributed by atoms with Gasteiger partial charge in [-0.1, -0.05) is 19.4 Å². The number of carbonyl (C=O) groups is 1. The summed E-state index contributed by atoms with van der Waals surface area (Å²) in [7, 11) is 0. The van der Waals surface area contributed by atoms with Crippen molar-refractivity contribution in [3.05, 3.63) is 11.6 Å². The molecule has 11 heavy (non-hydrogen) atoms. The lowest BCUT2D eigenvalue weighted by Crippen LogP contribution is -1.92. The molecule has 0 aromatic carbocycles. The molecule has 2 nitrogen and oxygen atoms in total. The number of carboxylic acid groups (broad SMARTS) is 1. The minimum atomic E-state index is -0.841. The highest BCUT2D eigenvalue weighted by Gasteiger charge is 1.97. The van der Waals surface area contributed by atoms with Crippen molar-refractivity contribution in [1.82, 2.24) is 0 Å². The van der Waals surface area contributed by atoms with Crippen molar-refractivity contribution >= 4 is 5.97 Å². The van der Waals surface area contributed by atoms with Gasteiger partial charge in [-0.05, 0) is 25.7 Å². The SMILES string of the molecule is C/C(=C\C(=O)O)CCC(C)C. The summed E-state index contributed by atoms with van der Waals surface area (Å²) in [4.78, 5) is 10.2. The van der Waals surface area contributed by atoms with Gasteiger partial charge in [-0.3, -0.25) is 0 Å². The van der Waals surface area contributed by atoms with Gasteiger partial charge in [-0.25, -0.2) is 4.79 Å². The lowest BCUT2D eigenvalue weighted by Gasteiger charge is -2.02. The zero-order chi connectivity index (χ0) is 8.85. The normalized spacial score (nSPS) is 12.2. The summed E-state index contributed by atoms with van der Waals surface area (Å²) in [5.41, 5.74) is 0.950. The Morgan fingerprint density at radius 1 is 1.55 bits per heavy atom. The van der Waals surface area contributed by atoms with Crippen LogP contribution in [0.3, 0.4) is 0 Å². The molecular weight excluding hydrogens is 140 g/mol. The number of carboxylic acids is 1. The van der Waals surface area contributed by atoms with Crippen molar-refractivity contribution in [2.45, 2.75) is 33.6 Å². The van der Waals surface area contributed by atoms with E-state index < -0.39 is 5.97 Å². The van der Waals surface area contributed by atoms with Gasteiger partial charge >= 0.3 is 5.97 Å². The Morgan fingerprint density at radius 2 is 2.09 bits per heavy atom. The summed E-state index contributed by atoms with van der Waals surface area (Å²) >= 11 is 0. The molecule has 0 unspecified atom stereocenters. The molecular formula is C9H16O2. The van der Waals surface area contributed by atoms with Crippen molar-refractivity contribution < 1.29 is 9.90 Å². The lowest BCUT2D eigenvalue weighted by atomic mass is 10.0. The second kappa shape index (κ2) is 4.94. The van der Waals surface area contributed by atoms with Crippen LogP contribution in [0.1, 0.15) is 33.6 Å². The van der Waals surface area contributed by atoms with E-state index in [1.807, 2.05) is 6.92 Å². The summed E-state index contributed by atoms with van der Waals surface area (Å²) in [5.74, 6) is -0.196. The molecule has 0 radical (unpaired) electrons. The maximum Gasteiger partial charge on any atom is 0.328 e. The van der Waals surface area contributed by atoms with Crippen LogP contribution in [0.15, 0.2) is 11.6 Å². The van der Waals surface area contributed by atoms with Crippen molar-refractivity contribution in [2.75, 3.05) is 0 Å². The number of aliphatic carboxylic acids is 1. The van der Waals surface area contributed by atoms with Gasteiger partial charge in [0, 0.05) is 6.08 Å². The number of rotatable bonds is 4. The highest BCUT2D eigenvalue weighted by Crippen LogP contribution is 2.10. The summed E-state index contributed by atoms with van der Waals surface area (Å²) < 4.78 is 0. The molecule has 0 saturated heterocycles. The van der Waals surface area contributed by atoms with Gasteiger partial charge in [-0.15, -0.1) is 0 Å². The molecule has 0 heterocycles. The summed E-state index contributed by atoms with van der Waals surface area (Å²) in [6, 6.07) is 0. The van der Waals surface area contributed by atoms with E-state index in [9.17, 15) is 4.79 Å².